The molecular weight excluding hydrogens is 260 g/mol. The molecule has 6 heteroatoms. The monoisotopic (exact) mass is 278 g/mol. The number of nitro groups is 1. The van der Waals surface area contributed by atoms with E-state index in [0.29, 0.717) is 11.3 Å². The van der Waals surface area contributed by atoms with Gasteiger partial charge in [-0.1, -0.05) is 18.2 Å². The van der Waals surface area contributed by atoms with Crippen molar-refractivity contribution < 1.29 is 14.5 Å². The first-order chi connectivity index (χ1) is 9.45. The molecule has 0 saturated heterocycles. The number of carbonyl (C=O) groups excluding carboxylic acids is 1. The second kappa shape index (κ2) is 7.28. The van der Waals surface area contributed by atoms with Crippen molar-refractivity contribution in [3.05, 3.63) is 45.5 Å². The molecule has 0 aliphatic carbocycles. The van der Waals surface area contributed by atoms with Crippen LogP contribution in [0, 0.1) is 10.1 Å². The fourth-order valence-corrected chi connectivity index (χ4v) is 1.65. The van der Waals surface area contributed by atoms with Crippen LogP contribution in [0.1, 0.15) is 25.8 Å². The Balaban J connectivity index is 3.07. The molecule has 1 aromatic rings. The Labute approximate surface area is 117 Å². The second-order valence-corrected chi connectivity index (χ2v) is 4.36. The highest BCUT2D eigenvalue weighted by atomic mass is 16.6. The number of hydrogen-bond donors (Lipinski definition) is 1. The van der Waals surface area contributed by atoms with E-state index in [1.807, 2.05) is 0 Å². The Morgan fingerprint density at radius 1 is 1.50 bits per heavy atom. The van der Waals surface area contributed by atoms with E-state index >= 15 is 0 Å². The lowest BCUT2D eigenvalue weighted by Gasteiger charge is -2.09. The molecule has 20 heavy (non-hydrogen) atoms. The van der Waals surface area contributed by atoms with E-state index < -0.39 is 16.9 Å². The number of para-hydroxylation sites is 1. The summed E-state index contributed by atoms with van der Waals surface area (Å²) >= 11 is 0. The summed E-state index contributed by atoms with van der Waals surface area (Å²) in [4.78, 5) is 22.2. The van der Waals surface area contributed by atoms with Crippen LogP contribution in [0.3, 0.4) is 0 Å². The largest absolute Gasteiger partial charge is 0.463 e. The maximum Gasteiger partial charge on any atom is 0.334 e. The number of nitrogens with two attached hydrogens (primary N) is 1. The summed E-state index contributed by atoms with van der Waals surface area (Å²) in [5.74, 6) is -0.551. The quantitative estimate of drug-likeness (QED) is 0.283. The molecule has 108 valence electrons. The summed E-state index contributed by atoms with van der Waals surface area (Å²) in [6.45, 7) is 3.35. The van der Waals surface area contributed by atoms with Crippen LogP contribution < -0.4 is 5.73 Å². The van der Waals surface area contributed by atoms with E-state index in [4.69, 9.17) is 10.5 Å². The highest BCUT2D eigenvalue weighted by Gasteiger charge is 2.21. The number of ether oxygens (including phenoxy) is 1. The first kappa shape index (κ1) is 15.7. The molecule has 1 atom stereocenters. The van der Waals surface area contributed by atoms with Gasteiger partial charge in [0.15, 0.2) is 0 Å². The Morgan fingerprint density at radius 2 is 2.15 bits per heavy atom. The number of anilines is 1. The molecule has 0 spiro atoms. The molecule has 0 bridgehead atoms. The molecule has 0 heterocycles. The molecule has 0 aliphatic heterocycles. The van der Waals surface area contributed by atoms with Crippen molar-refractivity contribution in [3.63, 3.8) is 0 Å². The molecule has 1 rings (SSSR count). The van der Waals surface area contributed by atoms with Crippen LogP contribution in [0.2, 0.25) is 0 Å². The normalized spacial score (nSPS) is 12.8. The van der Waals surface area contributed by atoms with Crippen molar-refractivity contribution in [2.45, 2.75) is 26.3 Å². The van der Waals surface area contributed by atoms with E-state index in [9.17, 15) is 14.9 Å². The summed E-state index contributed by atoms with van der Waals surface area (Å²) in [6, 6.07) is 6.13. The predicted octanol–water partition coefficient (Wildman–Crippen LogP) is 2.27. The summed E-state index contributed by atoms with van der Waals surface area (Å²) in [5.41, 5.74) is 7.19. The number of carbonyl (C=O) groups is 1. The minimum atomic E-state index is -0.865. The van der Waals surface area contributed by atoms with Crippen LogP contribution in [-0.2, 0) is 9.53 Å². The van der Waals surface area contributed by atoms with Crippen LogP contribution >= 0.6 is 0 Å². The van der Waals surface area contributed by atoms with Crippen molar-refractivity contribution in [1.29, 1.82) is 0 Å². The van der Waals surface area contributed by atoms with Gasteiger partial charge in [0.2, 0.25) is 6.04 Å². The molecule has 0 fully saturated rings. The van der Waals surface area contributed by atoms with Gasteiger partial charge in [0.1, 0.15) is 0 Å². The highest BCUT2D eigenvalue weighted by Crippen LogP contribution is 2.19. The molecule has 6 nitrogen and oxygen atoms in total. The van der Waals surface area contributed by atoms with Crippen molar-refractivity contribution in [3.8, 4) is 0 Å². The third kappa shape index (κ3) is 4.38. The molecule has 1 unspecified atom stereocenters. The summed E-state index contributed by atoms with van der Waals surface area (Å²) in [6.07, 6.45) is 1.55. The zero-order valence-electron chi connectivity index (χ0n) is 11.5. The fraction of sp³-hybridized carbons (Fsp3) is 0.357. The Kier molecular flexibility index (Phi) is 5.71. The SMILES string of the molecule is CCOC(=O)/C(=C/c1ccccc1N)CC(C)[N+](=O)[O-]. The number of esters is 1. The minimum Gasteiger partial charge on any atom is -0.463 e. The lowest BCUT2D eigenvalue weighted by molar-refractivity contribution is -0.517. The van der Waals surface area contributed by atoms with E-state index in [1.54, 1.807) is 37.3 Å². The van der Waals surface area contributed by atoms with Crippen LogP contribution in [0.5, 0.6) is 0 Å². The Morgan fingerprint density at radius 3 is 2.70 bits per heavy atom. The number of nitrogen functional groups attached to an aromatic ring is 1. The van der Waals surface area contributed by atoms with Crippen molar-refractivity contribution in [2.75, 3.05) is 12.3 Å². The number of benzene rings is 1. The fourth-order valence-electron chi connectivity index (χ4n) is 1.65. The van der Waals surface area contributed by atoms with Gasteiger partial charge in [-0.3, -0.25) is 10.1 Å². The Bertz CT molecular complexity index is 526. The first-order valence-corrected chi connectivity index (χ1v) is 6.31. The molecule has 0 aliphatic rings. The lowest BCUT2D eigenvalue weighted by Crippen LogP contribution is -2.19. The predicted molar refractivity (Wildman–Crippen MR) is 76.5 cm³/mol. The molecule has 0 aromatic heterocycles. The van der Waals surface area contributed by atoms with Crippen LogP contribution in [-0.4, -0.2) is 23.5 Å². The highest BCUT2D eigenvalue weighted by molar-refractivity contribution is 5.94. The average molecular weight is 278 g/mol. The maximum atomic E-state index is 11.9. The molecule has 0 radical (unpaired) electrons. The number of nitrogens with zero attached hydrogens (tertiary/aromatic N) is 1. The van der Waals surface area contributed by atoms with Crippen LogP contribution in [0.15, 0.2) is 29.8 Å². The van der Waals surface area contributed by atoms with Gasteiger partial charge in [0.05, 0.1) is 6.61 Å². The smallest absolute Gasteiger partial charge is 0.334 e. The van der Waals surface area contributed by atoms with Gasteiger partial charge in [-0.15, -0.1) is 0 Å². The van der Waals surface area contributed by atoms with E-state index in [-0.39, 0.29) is 18.6 Å². The third-order valence-electron chi connectivity index (χ3n) is 2.74. The minimum absolute atomic E-state index is 0.000166. The first-order valence-electron chi connectivity index (χ1n) is 6.31. The van der Waals surface area contributed by atoms with Gasteiger partial charge in [0, 0.05) is 29.5 Å². The van der Waals surface area contributed by atoms with Crippen molar-refractivity contribution in [2.24, 2.45) is 0 Å². The van der Waals surface area contributed by atoms with Crippen molar-refractivity contribution in [1.82, 2.24) is 0 Å². The number of rotatable bonds is 6. The standard InChI is InChI=1S/C14H18N2O4/c1-3-20-14(17)12(8-10(2)16(18)19)9-11-6-4-5-7-13(11)15/h4-7,9-10H,3,8,15H2,1-2H3/b12-9+. The zero-order valence-corrected chi connectivity index (χ0v) is 11.5. The molecule has 0 saturated carbocycles. The van der Waals surface area contributed by atoms with E-state index in [1.165, 1.54) is 6.92 Å². The maximum absolute atomic E-state index is 11.9. The topological polar surface area (TPSA) is 95.5 Å². The second-order valence-electron chi connectivity index (χ2n) is 4.36. The van der Waals surface area contributed by atoms with Crippen LogP contribution in [0.25, 0.3) is 6.08 Å². The van der Waals surface area contributed by atoms with Gasteiger partial charge in [0.25, 0.3) is 0 Å². The van der Waals surface area contributed by atoms with Gasteiger partial charge >= 0.3 is 5.97 Å². The molecule has 1 aromatic carbocycles. The third-order valence-corrected chi connectivity index (χ3v) is 2.74. The average Bonchev–Trinajstić information content (AvgIpc) is 2.40. The lowest BCUT2D eigenvalue weighted by atomic mass is 10.0. The summed E-state index contributed by atoms with van der Waals surface area (Å²) < 4.78 is 4.93. The van der Waals surface area contributed by atoms with E-state index in [0.717, 1.165) is 0 Å². The molecule has 0 amide bonds. The molecular formula is C14H18N2O4. The molecule has 2 N–H and O–H groups in total. The van der Waals surface area contributed by atoms with Crippen LogP contribution in [0.4, 0.5) is 5.69 Å². The van der Waals surface area contributed by atoms with Gasteiger partial charge < -0.3 is 10.5 Å². The van der Waals surface area contributed by atoms with E-state index in [2.05, 4.69) is 0 Å². The number of hydrogen-bond acceptors (Lipinski definition) is 5. The van der Waals surface area contributed by atoms with Gasteiger partial charge in [-0.2, -0.15) is 0 Å². The Hall–Kier alpha value is -2.37. The van der Waals surface area contributed by atoms with Gasteiger partial charge in [-0.05, 0) is 24.6 Å². The zero-order chi connectivity index (χ0) is 15.1. The summed E-state index contributed by atoms with van der Waals surface area (Å²) in [7, 11) is 0. The summed E-state index contributed by atoms with van der Waals surface area (Å²) in [5, 5.41) is 10.7. The van der Waals surface area contributed by atoms with Crippen molar-refractivity contribution >= 4 is 17.7 Å². The van der Waals surface area contributed by atoms with Gasteiger partial charge in [-0.25, -0.2) is 4.79 Å².